The third-order valence-electron chi connectivity index (χ3n) is 1.79. The van der Waals surface area contributed by atoms with Crippen LogP contribution in [-0.2, 0) is 4.43 Å². The van der Waals surface area contributed by atoms with Crippen molar-refractivity contribution in [2.75, 3.05) is 0 Å². The molecular formula is C7H19AsOSi. The molecule has 0 amide bonds. The predicted molar refractivity (Wildman–Crippen MR) is 52.3 cm³/mol. The van der Waals surface area contributed by atoms with Crippen LogP contribution in [-0.4, -0.2) is 32.9 Å². The van der Waals surface area contributed by atoms with Gasteiger partial charge in [0, 0.05) is 0 Å². The average molecular weight is 222 g/mol. The van der Waals surface area contributed by atoms with E-state index in [9.17, 15) is 0 Å². The van der Waals surface area contributed by atoms with E-state index >= 15 is 0 Å². The van der Waals surface area contributed by atoms with Crippen LogP contribution in [0.2, 0.25) is 5.21 Å². The van der Waals surface area contributed by atoms with Gasteiger partial charge in [-0.3, -0.25) is 0 Å². The molecule has 0 aromatic rings. The van der Waals surface area contributed by atoms with Gasteiger partial charge < -0.3 is 0 Å². The Morgan fingerprint density at radius 2 is 2.00 bits per heavy atom. The van der Waals surface area contributed by atoms with Crippen LogP contribution < -0.4 is 0 Å². The Kier molecular flexibility index (Phi) is 5.79. The summed E-state index contributed by atoms with van der Waals surface area (Å²) in [6, 6.07) is 0. The molecule has 0 aliphatic carbocycles. The molecule has 0 N–H and O–H groups in total. The van der Waals surface area contributed by atoms with E-state index in [-0.39, 0.29) is 5.60 Å². The van der Waals surface area contributed by atoms with E-state index in [1.807, 2.05) is 16.9 Å². The number of hydrogen-bond acceptors (Lipinski definition) is 1. The standard InChI is InChI=1S/C7H19AsOSi/c1-7(2,9-10)5-3-4-6-8/h3-6,8H2,1-2,10H3. The van der Waals surface area contributed by atoms with Gasteiger partial charge in [0.15, 0.2) is 0 Å². The Bertz CT molecular complexity index is 85.7. The molecule has 0 bridgehead atoms. The zero-order chi connectivity index (χ0) is 8.04. The van der Waals surface area contributed by atoms with Crippen molar-refractivity contribution < 1.29 is 4.43 Å². The van der Waals surface area contributed by atoms with Crippen molar-refractivity contribution in [2.45, 2.75) is 43.9 Å². The quantitative estimate of drug-likeness (QED) is 0.480. The van der Waals surface area contributed by atoms with E-state index in [0.717, 1.165) is 10.5 Å². The Morgan fingerprint density at radius 3 is 2.40 bits per heavy atom. The number of rotatable bonds is 5. The van der Waals surface area contributed by atoms with E-state index in [0.29, 0.717) is 0 Å². The van der Waals surface area contributed by atoms with Crippen LogP contribution in [0.5, 0.6) is 0 Å². The van der Waals surface area contributed by atoms with Gasteiger partial charge in [0.25, 0.3) is 0 Å². The number of unbranched alkanes of at least 4 members (excludes halogenated alkanes) is 1. The normalized spacial score (nSPS) is 12.3. The second kappa shape index (κ2) is 5.39. The molecule has 0 aliphatic heterocycles. The second-order valence-electron chi connectivity index (χ2n) is 3.21. The van der Waals surface area contributed by atoms with Crippen molar-refractivity contribution in [3.05, 3.63) is 0 Å². The van der Waals surface area contributed by atoms with Crippen LogP contribution in [0.3, 0.4) is 0 Å². The Balaban J connectivity index is 3.28. The van der Waals surface area contributed by atoms with Crippen LogP contribution >= 0.6 is 0 Å². The third kappa shape index (κ3) is 5.51. The molecule has 1 nitrogen and oxygen atoms in total. The molecule has 10 heavy (non-hydrogen) atoms. The van der Waals surface area contributed by atoms with Crippen molar-refractivity contribution in [3.8, 4) is 0 Å². The van der Waals surface area contributed by atoms with Crippen LogP contribution in [0.1, 0.15) is 33.1 Å². The number of hydrogen-bond donors (Lipinski definition) is 0. The third-order valence-corrected chi connectivity index (χ3v) is 3.75. The summed E-state index contributed by atoms with van der Waals surface area (Å²) in [5.41, 5.74) is 0.161. The molecule has 0 rings (SSSR count). The monoisotopic (exact) mass is 222 g/mol. The first-order chi connectivity index (χ1) is 4.62. The summed E-state index contributed by atoms with van der Waals surface area (Å²) < 4.78 is 5.43. The Morgan fingerprint density at radius 1 is 1.40 bits per heavy atom. The zero-order valence-corrected chi connectivity index (χ0v) is 11.7. The summed E-state index contributed by atoms with van der Waals surface area (Å²) >= 11 is 1.84. The van der Waals surface area contributed by atoms with E-state index in [1.54, 1.807) is 0 Å². The van der Waals surface area contributed by atoms with E-state index in [2.05, 4.69) is 13.8 Å². The van der Waals surface area contributed by atoms with E-state index in [4.69, 9.17) is 4.43 Å². The van der Waals surface area contributed by atoms with Crippen molar-refractivity contribution in [1.82, 2.24) is 0 Å². The topological polar surface area (TPSA) is 9.23 Å². The SMILES string of the molecule is CC(C)(CCCC[AsH2])O[SiH3]. The zero-order valence-electron chi connectivity index (χ0n) is 7.31. The van der Waals surface area contributed by atoms with Gasteiger partial charge in [-0.25, -0.2) is 0 Å². The first-order valence-corrected chi connectivity index (χ1v) is 6.40. The van der Waals surface area contributed by atoms with Gasteiger partial charge in [0.1, 0.15) is 0 Å². The van der Waals surface area contributed by atoms with Crippen molar-refractivity contribution in [2.24, 2.45) is 0 Å². The van der Waals surface area contributed by atoms with Crippen molar-refractivity contribution in [3.63, 3.8) is 0 Å². The summed E-state index contributed by atoms with van der Waals surface area (Å²) in [7, 11) is 0.870. The average Bonchev–Trinajstić information content (AvgIpc) is 1.89. The predicted octanol–water partition coefficient (Wildman–Crippen LogP) is 0.284. The molecule has 3 heteroatoms. The molecule has 0 spiro atoms. The van der Waals surface area contributed by atoms with Gasteiger partial charge in [0.2, 0.25) is 0 Å². The fourth-order valence-corrected chi connectivity index (χ4v) is 1.61. The summed E-state index contributed by atoms with van der Waals surface area (Å²) in [5, 5.41) is 1.37. The summed E-state index contributed by atoms with van der Waals surface area (Å²) in [6.45, 7) is 4.36. The molecule has 0 saturated carbocycles. The van der Waals surface area contributed by atoms with Crippen LogP contribution in [0.15, 0.2) is 0 Å². The molecule has 0 radical (unpaired) electrons. The van der Waals surface area contributed by atoms with Gasteiger partial charge in [-0.15, -0.1) is 0 Å². The fourth-order valence-electron chi connectivity index (χ4n) is 0.797. The van der Waals surface area contributed by atoms with Gasteiger partial charge in [-0.1, -0.05) is 0 Å². The molecule has 0 heterocycles. The van der Waals surface area contributed by atoms with Gasteiger partial charge in [-0.2, -0.15) is 0 Å². The van der Waals surface area contributed by atoms with Gasteiger partial charge in [-0.05, 0) is 0 Å². The molecule has 0 aliphatic rings. The minimum absolute atomic E-state index is 0.161. The first kappa shape index (κ1) is 10.7. The molecule has 0 aromatic heterocycles. The molecule has 1 unspecified atom stereocenters. The molecule has 1 atom stereocenters. The van der Waals surface area contributed by atoms with E-state index < -0.39 is 0 Å². The molecule has 0 fully saturated rings. The van der Waals surface area contributed by atoms with Crippen LogP contribution in [0, 0.1) is 0 Å². The van der Waals surface area contributed by atoms with Crippen LogP contribution in [0.25, 0.3) is 0 Å². The summed E-state index contributed by atoms with van der Waals surface area (Å²) in [6.07, 6.45) is 3.92. The first-order valence-electron chi connectivity index (χ1n) is 3.87. The van der Waals surface area contributed by atoms with Gasteiger partial charge >= 0.3 is 75.7 Å². The minimum atomic E-state index is 0.161. The van der Waals surface area contributed by atoms with E-state index in [1.165, 1.54) is 24.5 Å². The van der Waals surface area contributed by atoms with Crippen molar-refractivity contribution in [1.29, 1.82) is 0 Å². The summed E-state index contributed by atoms with van der Waals surface area (Å²) in [4.78, 5) is 0. The van der Waals surface area contributed by atoms with Crippen molar-refractivity contribution >= 4 is 27.3 Å². The fraction of sp³-hybridized carbons (Fsp3) is 1.00. The maximum atomic E-state index is 5.43. The van der Waals surface area contributed by atoms with Gasteiger partial charge in [0.05, 0.1) is 0 Å². The molecule has 0 saturated heterocycles. The van der Waals surface area contributed by atoms with Crippen LogP contribution in [0.4, 0.5) is 0 Å². The Hall–Kier alpha value is 0.735. The summed E-state index contributed by atoms with van der Waals surface area (Å²) in [5.74, 6) is 0. The Labute approximate surface area is 76.0 Å². The second-order valence-corrected chi connectivity index (χ2v) is 4.83. The molecule has 0 aromatic carbocycles. The molecule has 62 valence electrons. The molecular weight excluding hydrogens is 203 g/mol. The maximum absolute atomic E-state index is 5.43.